The van der Waals surface area contributed by atoms with Gasteiger partial charge in [0.1, 0.15) is 16.4 Å². The Hall–Kier alpha value is -1.65. The highest BCUT2D eigenvalue weighted by Crippen LogP contribution is 2.37. The van der Waals surface area contributed by atoms with Gasteiger partial charge in [0.05, 0.1) is 5.56 Å². The largest absolute Gasteiger partial charge is 0.461 e. The Morgan fingerprint density at radius 3 is 2.95 bits per heavy atom. The van der Waals surface area contributed by atoms with E-state index in [-0.39, 0.29) is 0 Å². The summed E-state index contributed by atoms with van der Waals surface area (Å²) in [6.07, 6.45) is 1.97. The number of para-hydroxylation sites is 1. The standard InChI is InChI=1S/C16H18N2OS/c1-4-17-10(2)14-9-18-16(20-14)15-11(3)19-13-8-6-5-7-12(13)15/h5-10,17H,4H2,1-3H3. The number of hydrogen-bond acceptors (Lipinski definition) is 4. The maximum absolute atomic E-state index is 5.82. The average Bonchev–Trinajstić information content (AvgIpc) is 3.01. The van der Waals surface area contributed by atoms with Crippen molar-refractivity contribution in [2.45, 2.75) is 26.8 Å². The Bertz CT molecular complexity index is 729. The van der Waals surface area contributed by atoms with Crippen molar-refractivity contribution in [1.29, 1.82) is 0 Å². The van der Waals surface area contributed by atoms with Crippen LogP contribution in [0.3, 0.4) is 0 Å². The van der Waals surface area contributed by atoms with Crippen LogP contribution in [-0.2, 0) is 0 Å². The van der Waals surface area contributed by atoms with Crippen molar-refractivity contribution in [2.24, 2.45) is 0 Å². The van der Waals surface area contributed by atoms with E-state index < -0.39 is 0 Å². The van der Waals surface area contributed by atoms with Gasteiger partial charge in [-0.2, -0.15) is 0 Å². The first-order chi connectivity index (χ1) is 9.70. The lowest BCUT2D eigenvalue weighted by Gasteiger charge is -2.08. The fourth-order valence-corrected chi connectivity index (χ4v) is 3.49. The van der Waals surface area contributed by atoms with Crippen LogP contribution in [-0.4, -0.2) is 11.5 Å². The van der Waals surface area contributed by atoms with E-state index in [1.54, 1.807) is 11.3 Å². The first-order valence-corrected chi connectivity index (χ1v) is 7.70. The number of benzene rings is 1. The van der Waals surface area contributed by atoms with Gasteiger partial charge in [0.2, 0.25) is 0 Å². The molecular formula is C16H18N2OS. The fraction of sp³-hybridized carbons (Fsp3) is 0.312. The van der Waals surface area contributed by atoms with Crippen LogP contribution in [0.1, 0.15) is 30.5 Å². The second kappa shape index (κ2) is 5.38. The lowest BCUT2D eigenvalue weighted by Crippen LogP contribution is -2.16. The summed E-state index contributed by atoms with van der Waals surface area (Å²) in [5.41, 5.74) is 2.05. The zero-order valence-corrected chi connectivity index (χ0v) is 12.8. The highest BCUT2D eigenvalue weighted by Gasteiger charge is 2.17. The molecule has 1 N–H and O–H groups in total. The van der Waals surface area contributed by atoms with Crippen LogP contribution in [0, 0.1) is 6.92 Å². The molecule has 1 atom stereocenters. The predicted molar refractivity (Wildman–Crippen MR) is 84.2 cm³/mol. The number of furan rings is 1. The Morgan fingerprint density at radius 2 is 2.15 bits per heavy atom. The van der Waals surface area contributed by atoms with Gasteiger partial charge >= 0.3 is 0 Å². The number of thiazole rings is 1. The van der Waals surface area contributed by atoms with Crippen LogP contribution in [0.15, 0.2) is 34.9 Å². The van der Waals surface area contributed by atoms with Crippen molar-refractivity contribution in [1.82, 2.24) is 10.3 Å². The summed E-state index contributed by atoms with van der Waals surface area (Å²) in [5, 5.41) is 5.59. The van der Waals surface area contributed by atoms with Crippen LogP contribution >= 0.6 is 11.3 Å². The number of aryl methyl sites for hydroxylation is 1. The summed E-state index contributed by atoms with van der Waals surface area (Å²) in [4.78, 5) is 5.85. The smallest absolute Gasteiger partial charge is 0.135 e. The summed E-state index contributed by atoms with van der Waals surface area (Å²) in [6, 6.07) is 8.47. The molecule has 1 unspecified atom stereocenters. The van der Waals surface area contributed by atoms with Gasteiger partial charge in [-0.25, -0.2) is 4.98 Å². The van der Waals surface area contributed by atoms with Crippen molar-refractivity contribution in [3.8, 4) is 10.6 Å². The van der Waals surface area contributed by atoms with Crippen molar-refractivity contribution >= 4 is 22.3 Å². The molecule has 0 aliphatic heterocycles. The molecule has 0 fully saturated rings. The fourth-order valence-electron chi connectivity index (χ4n) is 2.44. The Balaban J connectivity index is 2.05. The lowest BCUT2D eigenvalue weighted by atomic mass is 10.1. The Kier molecular flexibility index (Phi) is 3.59. The highest BCUT2D eigenvalue weighted by atomic mass is 32.1. The van der Waals surface area contributed by atoms with E-state index in [1.165, 1.54) is 4.88 Å². The number of nitrogens with one attached hydrogen (secondary N) is 1. The number of fused-ring (bicyclic) bond motifs is 1. The normalized spacial score (nSPS) is 12.9. The summed E-state index contributed by atoms with van der Waals surface area (Å²) in [7, 11) is 0. The van der Waals surface area contributed by atoms with Crippen molar-refractivity contribution < 1.29 is 4.42 Å². The molecule has 2 aromatic heterocycles. The third-order valence-corrected chi connectivity index (χ3v) is 4.64. The van der Waals surface area contributed by atoms with Gasteiger partial charge in [-0.1, -0.05) is 25.1 Å². The molecule has 104 valence electrons. The maximum Gasteiger partial charge on any atom is 0.135 e. The molecule has 0 spiro atoms. The lowest BCUT2D eigenvalue weighted by molar-refractivity contribution is 0.580. The quantitative estimate of drug-likeness (QED) is 0.765. The third-order valence-electron chi connectivity index (χ3n) is 3.45. The van der Waals surface area contributed by atoms with Crippen LogP contribution < -0.4 is 5.32 Å². The van der Waals surface area contributed by atoms with Gasteiger partial charge in [0.25, 0.3) is 0 Å². The van der Waals surface area contributed by atoms with Crippen LogP contribution in [0.25, 0.3) is 21.5 Å². The SMILES string of the molecule is CCNC(C)c1cnc(-c2c(C)oc3ccccc23)s1. The molecule has 0 aliphatic rings. The molecular weight excluding hydrogens is 268 g/mol. The number of hydrogen-bond donors (Lipinski definition) is 1. The Morgan fingerprint density at radius 1 is 1.35 bits per heavy atom. The molecule has 0 aliphatic carbocycles. The molecule has 3 rings (SSSR count). The third kappa shape index (κ3) is 2.25. The molecule has 3 nitrogen and oxygen atoms in total. The molecule has 20 heavy (non-hydrogen) atoms. The minimum absolute atomic E-state index is 0.338. The highest BCUT2D eigenvalue weighted by molar-refractivity contribution is 7.15. The van der Waals surface area contributed by atoms with E-state index in [0.29, 0.717) is 6.04 Å². The molecule has 4 heteroatoms. The van der Waals surface area contributed by atoms with Gasteiger partial charge < -0.3 is 9.73 Å². The molecule has 3 aromatic rings. The van der Waals surface area contributed by atoms with Gasteiger partial charge in [-0.05, 0) is 26.5 Å². The van der Waals surface area contributed by atoms with E-state index in [1.807, 2.05) is 31.3 Å². The monoisotopic (exact) mass is 286 g/mol. The summed E-state index contributed by atoms with van der Waals surface area (Å²) < 4.78 is 5.82. The summed E-state index contributed by atoms with van der Waals surface area (Å²) in [6.45, 7) is 7.25. The van der Waals surface area contributed by atoms with E-state index >= 15 is 0 Å². The molecule has 2 heterocycles. The summed E-state index contributed by atoms with van der Waals surface area (Å²) >= 11 is 1.73. The Labute approximate surface area is 122 Å². The van der Waals surface area contributed by atoms with Gasteiger partial charge in [-0.15, -0.1) is 11.3 Å². The van der Waals surface area contributed by atoms with E-state index in [4.69, 9.17) is 4.42 Å². The van der Waals surface area contributed by atoms with Crippen LogP contribution in [0.4, 0.5) is 0 Å². The maximum atomic E-state index is 5.82. The average molecular weight is 286 g/mol. The second-order valence-corrected chi connectivity index (χ2v) is 5.94. The van der Waals surface area contributed by atoms with Crippen molar-refractivity contribution in [3.05, 3.63) is 41.1 Å². The number of aromatic nitrogens is 1. The number of rotatable bonds is 4. The zero-order chi connectivity index (χ0) is 14.1. The second-order valence-electron chi connectivity index (χ2n) is 4.88. The molecule has 0 bridgehead atoms. The first kappa shape index (κ1) is 13.3. The zero-order valence-electron chi connectivity index (χ0n) is 11.9. The topological polar surface area (TPSA) is 38.1 Å². The molecule has 0 saturated carbocycles. The van der Waals surface area contributed by atoms with Crippen molar-refractivity contribution in [2.75, 3.05) is 6.54 Å². The van der Waals surface area contributed by atoms with Gasteiger partial charge in [-0.3, -0.25) is 0 Å². The summed E-state index contributed by atoms with van der Waals surface area (Å²) in [5.74, 6) is 0.934. The van der Waals surface area contributed by atoms with Crippen LogP contribution in [0.5, 0.6) is 0 Å². The van der Waals surface area contributed by atoms with Gasteiger partial charge in [0, 0.05) is 22.5 Å². The first-order valence-electron chi connectivity index (χ1n) is 6.88. The minimum Gasteiger partial charge on any atom is -0.461 e. The van der Waals surface area contributed by atoms with E-state index in [0.717, 1.165) is 33.8 Å². The molecule has 0 amide bonds. The number of nitrogens with zero attached hydrogens (tertiary/aromatic N) is 1. The van der Waals surface area contributed by atoms with Crippen molar-refractivity contribution in [3.63, 3.8) is 0 Å². The van der Waals surface area contributed by atoms with E-state index in [2.05, 4.69) is 30.2 Å². The molecule has 0 saturated heterocycles. The molecule has 0 radical (unpaired) electrons. The predicted octanol–water partition coefficient (Wildman–Crippen LogP) is 4.54. The molecule has 1 aromatic carbocycles. The minimum atomic E-state index is 0.338. The van der Waals surface area contributed by atoms with Gasteiger partial charge in [0.15, 0.2) is 0 Å². The van der Waals surface area contributed by atoms with E-state index in [9.17, 15) is 0 Å². The van der Waals surface area contributed by atoms with Crippen LogP contribution in [0.2, 0.25) is 0 Å².